The Morgan fingerprint density at radius 2 is 2.00 bits per heavy atom. The van der Waals surface area contributed by atoms with E-state index in [9.17, 15) is 4.79 Å². The van der Waals surface area contributed by atoms with Gasteiger partial charge in [-0.05, 0) is 19.8 Å². The molecular weight excluding hydrogens is 310 g/mol. The van der Waals surface area contributed by atoms with Crippen LogP contribution in [0.4, 0.5) is 0 Å². The molecule has 1 aromatic rings. The second-order valence-corrected chi connectivity index (χ2v) is 6.69. The Morgan fingerprint density at radius 1 is 1.25 bits per heavy atom. The van der Waals surface area contributed by atoms with Gasteiger partial charge in [0.2, 0.25) is 11.8 Å². The van der Waals surface area contributed by atoms with E-state index in [-0.39, 0.29) is 18.1 Å². The van der Waals surface area contributed by atoms with E-state index in [1.165, 1.54) is 25.7 Å². The van der Waals surface area contributed by atoms with E-state index < -0.39 is 6.10 Å². The molecule has 0 unspecified atom stereocenters. The standard InChI is InChI=1S/C17H27N3O4/c1-12(23-14-7-5-3-4-6-8-14)17(21)20-9-10-22-15(11-20)16-19-18-13(2)24-16/h12,14-15H,3-11H2,1-2H3/t12-,15-/m1/s1. The monoisotopic (exact) mass is 337 g/mol. The summed E-state index contributed by atoms with van der Waals surface area (Å²) in [5.74, 6) is 0.952. The Morgan fingerprint density at radius 3 is 2.67 bits per heavy atom. The first-order valence-electron chi connectivity index (χ1n) is 8.99. The summed E-state index contributed by atoms with van der Waals surface area (Å²) in [6.45, 7) is 5.06. The fourth-order valence-corrected chi connectivity index (χ4v) is 3.42. The van der Waals surface area contributed by atoms with Crippen molar-refractivity contribution in [3.63, 3.8) is 0 Å². The largest absolute Gasteiger partial charge is 0.423 e. The molecule has 7 nitrogen and oxygen atoms in total. The quantitative estimate of drug-likeness (QED) is 0.785. The van der Waals surface area contributed by atoms with Crippen LogP contribution in [0.3, 0.4) is 0 Å². The van der Waals surface area contributed by atoms with Crippen molar-refractivity contribution in [2.45, 2.75) is 70.7 Å². The lowest BCUT2D eigenvalue weighted by Gasteiger charge is -2.33. The predicted molar refractivity (Wildman–Crippen MR) is 86.3 cm³/mol. The van der Waals surface area contributed by atoms with Gasteiger partial charge in [0, 0.05) is 13.5 Å². The molecule has 0 spiro atoms. The molecule has 0 aromatic carbocycles. The van der Waals surface area contributed by atoms with Gasteiger partial charge in [0.05, 0.1) is 19.3 Å². The lowest BCUT2D eigenvalue weighted by Crippen LogP contribution is -2.47. The SMILES string of the molecule is Cc1nnc([C@H]2CN(C(=O)[C@@H](C)OC3CCCCCC3)CCO2)o1. The summed E-state index contributed by atoms with van der Waals surface area (Å²) in [6, 6.07) is 0. The van der Waals surface area contributed by atoms with Crippen LogP contribution in [0.5, 0.6) is 0 Å². The maximum atomic E-state index is 12.7. The first-order valence-corrected chi connectivity index (χ1v) is 8.99. The molecule has 2 aliphatic rings. The molecular formula is C17H27N3O4. The highest BCUT2D eigenvalue weighted by Gasteiger charge is 2.32. The number of nitrogens with zero attached hydrogens (tertiary/aromatic N) is 3. The zero-order valence-electron chi connectivity index (χ0n) is 14.6. The molecule has 0 radical (unpaired) electrons. The third-order valence-electron chi connectivity index (χ3n) is 4.74. The van der Waals surface area contributed by atoms with Gasteiger partial charge >= 0.3 is 0 Å². The number of rotatable bonds is 4. The third-order valence-corrected chi connectivity index (χ3v) is 4.74. The van der Waals surface area contributed by atoms with E-state index >= 15 is 0 Å². The number of aromatic nitrogens is 2. The van der Waals surface area contributed by atoms with E-state index in [4.69, 9.17) is 13.9 Å². The average Bonchev–Trinajstić information content (AvgIpc) is 2.87. The Hall–Kier alpha value is -1.47. The van der Waals surface area contributed by atoms with Crippen molar-refractivity contribution in [3.8, 4) is 0 Å². The second kappa shape index (κ2) is 8.07. The van der Waals surface area contributed by atoms with E-state index in [0.29, 0.717) is 31.5 Å². The lowest BCUT2D eigenvalue weighted by atomic mass is 10.1. The summed E-state index contributed by atoms with van der Waals surface area (Å²) in [5.41, 5.74) is 0. The van der Waals surface area contributed by atoms with Gasteiger partial charge in [-0.2, -0.15) is 0 Å². The van der Waals surface area contributed by atoms with Crippen LogP contribution in [0.1, 0.15) is 63.3 Å². The van der Waals surface area contributed by atoms with Crippen molar-refractivity contribution in [2.24, 2.45) is 0 Å². The smallest absolute Gasteiger partial charge is 0.251 e. The molecule has 0 N–H and O–H groups in total. The summed E-state index contributed by atoms with van der Waals surface area (Å²) >= 11 is 0. The van der Waals surface area contributed by atoms with Gasteiger partial charge in [-0.3, -0.25) is 4.79 Å². The van der Waals surface area contributed by atoms with E-state index in [2.05, 4.69) is 10.2 Å². The van der Waals surface area contributed by atoms with Crippen molar-refractivity contribution in [1.82, 2.24) is 15.1 Å². The summed E-state index contributed by atoms with van der Waals surface area (Å²) in [5, 5.41) is 7.83. The van der Waals surface area contributed by atoms with Gasteiger partial charge in [-0.15, -0.1) is 10.2 Å². The van der Waals surface area contributed by atoms with Crippen LogP contribution in [0.2, 0.25) is 0 Å². The number of carbonyl (C=O) groups excluding carboxylic acids is 1. The van der Waals surface area contributed by atoms with Gasteiger partial charge < -0.3 is 18.8 Å². The Labute approximate surface area is 142 Å². The first-order chi connectivity index (χ1) is 11.6. The molecule has 24 heavy (non-hydrogen) atoms. The topological polar surface area (TPSA) is 77.7 Å². The van der Waals surface area contributed by atoms with Crippen LogP contribution in [-0.4, -0.2) is 52.9 Å². The Balaban J connectivity index is 1.55. The maximum absolute atomic E-state index is 12.7. The number of morpholine rings is 1. The molecule has 0 bridgehead atoms. The number of ether oxygens (including phenoxy) is 2. The van der Waals surface area contributed by atoms with Crippen LogP contribution in [0, 0.1) is 6.92 Å². The Kier molecular flexibility index (Phi) is 5.84. The number of amides is 1. The minimum atomic E-state index is -0.420. The number of hydrogen-bond acceptors (Lipinski definition) is 6. The minimum absolute atomic E-state index is 0.0174. The van der Waals surface area contributed by atoms with Gasteiger partial charge in [-0.1, -0.05) is 25.7 Å². The predicted octanol–water partition coefficient (Wildman–Crippen LogP) is 2.41. The van der Waals surface area contributed by atoms with E-state index in [0.717, 1.165) is 12.8 Å². The molecule has 7 heteroatoms. The van der Waals surface area contributed by atoms with Gasteiger partial charge in [0.25, 0.3) is 5.91 Å². The van der Waals surface area contributed by atoms with Crippen LogP contribution >= 0.6 is 0 Å². The molecule has 2 fully saturated rings. The molecule has 3 rings (SSSR count). The molecule has 1 saturated carbocycles. The Bertz CT molecular complexity index is 540. The minimum Gasteiger partial charge on any atom is -0.423 e. The molecule has 1 aliphatic heterocycles. The van der Waals surface area contributed by atoms with Crippen LogP contribution in [-0.2, 0) is 14.3 Å². The molecule has 1 aromatic heterocycles. The molecule has 134 valence electrons. The van der Waals surface area contributed by atoms with Crippen molar-refractivity contribution in [2.75, 3.05) is 19.7 Å². The summed E-state index contributed by atoms with van der Waals surface area (Å²) in [6.07, 6.45) is 6.50. The second-order valence-electron chi connectivity index (χ2n) is 6.69. The molecule has 2 atom stereocenters. The van der Waals surface area contributed by atoms with Crippen LogP contribution in [0.15, 0.2) is 4.42 Å². The van der Waals surface area contributed by atoms with Crippen molar-refractivity contribution >= 4 is 5.91 Å². The zero-order valence-corrected chi connectivity index (χ0v) is 14.6. The van der Waals surface area contributed by atoms with Crippen molar-refractivity contribution in [1.29, 1.82) is 0 Å². The fraction of sp³-hybridized carbons (Fsp3) is 0.824. The maximum Gasteiger partial charge on any atom is 0.251 e. The summed E-state index contributed by atoms with van der Waals surface area (Å²) < 4.78 is 17.2. The number of hydrogen-bond donors (Lipinski definition) is 0. The van der Waals surface area contributed by atoms with Crippen LogP contribution < -0.4 is 0 Å². The third kappa shape index (κ3) is 4.33. The molecule has 1 saturated heterocycles. The van der Waals surface area contributed by atoms with Gasteiger partial charge in [-0.25, -0.2) is 0 Å². The average molecular weight is 337 g/mol. The lowest BCUT2D eigenvalue weighted by molar-refractivity contribution is -0.154. The summed E-state index contributed by atoms with van der Waals surface area (Å²) in [4.78, 5) is 14.5. The van der Waals surface area contributed by atoms with E-state index in [1.54, 1.807) is 11.8 Å². The van der Waals surface area contributed by atoms with E-state index in [1.807, 2.05) is 6.92 Å². The molecule has 1 aliphatic carbocycles. The fourth-order valence-electron chi connectivity index (χ4n) is 3.42. The number of aryl methyl sites for hydroxylation is 1. The van der Waals surface area contributed by atoms with Gasteiger partial charge in [0.15, 0.2) is 6.10 Å². The zero-order chi connectivity index (χ0) is 16.9. The normalized spacial score (nSPS) is 24.6. The van der Waals surface area contributed by atoms with Crippen molar-refractivity contribution in [3.05, 3.63) is 11.8 Å². The molecule has 2 heterocycles. The highest BCUT2D eigenvalue weighted by Crippen LogP contribution is 2.24. The molecule has 1 amide bonds. The van der Waals surface area contributed by atoms with Crippen molar-refractivity contribution < 1.29 is 18.7 Å². The first kappa shape index (κ1) is 17.4. The highest BCUT2D eigenvalue weighted by atomic mass is 16.5. The highest BCUT2D eigenvalue weighted by molar-refractivity contribution is 5.80. The summed E-state index contributed by atoms with van der Waals surface area (Å²) in [7, 11) is 0. The van der Waals surface area contributed by atoms with Gasteiger partial charge in [0.1, 0.15) is 6.10 Å². The van der Waals surface area contributed by atoms with Crippen LogP contribution in [0.25, 0.3) is 0 Å². The number of carbonyl (C=O) groups is 1.